The van der Waals surface area contributed by atoms with E-state index in [1.807, 2.05) is 12.1 Å². The van der Waals surface area contributed by atoms with Crippen molar-refractivity contribution in [3.05, 3.63) is 35.1 Å². The van der Waals surface area contributed by atoms with Crippen LogP contribution in [-0.4, -0.2) is 32.2 Å². The molecule has 1 amide bonds. The van der Waals surface area contributed by atoms with Crippen molar-refractivity contribution in [3.8, 4) is 5.75 Å². The van der Waals surface area contributed by atoms with Crippen LogP contribution in [0, 0.1) is 17.8 Å². The Kier molecular flexibility index (Phi) is 5.29. The summed E-state index contributed by atoms with van der Waals surface area (Å²) in [4.78, 5) is 12.5. The summed E-state index contributed by atoms with van der Waals surface area (Å²) in [6, 6.07) is 7.40. The Morgan fingerprint density at radius 2 is 2.22 bits per heavy atom. The molecule has 27 heavy (non-hydrogen) atoms. The Labute approximate surface area is 163 Å². The second-order valence-corrected chi connectivity index (χ2v) is 8.07. The van der Waals surface area contributed by atoms with Gasteiger partial charge in [0, 0.05) is 6.04 Å². The van der Waals surface area contributed by atoms with Crippen molar-refractivity contribution in [1.82, 2.24) is 25.5 Å². The number of benzene rings is 1. The molecule has 144 valence electrons. The minimum atomic E-state index is -0.0726. The van der Waals surface area contributed by atoms with Gasteiger partial charge in [-0.1, -0.05) is 30.2 Å². The van der Waals surface area contributed by atoms with E-state index in [-0.39, 0.29) is 25.1 Å². The fourth-order valence-electron chi connectivity index (χ4n) is 4.60. The molecule has 0 radical (unpaired) electrons. The predicted octanol–water partition coefficient (Wildman–Crippen LogP) is 2.85. The lowest BCUT2D eigenvalue weighted by Gasteiger charge is -2.28. The van der Waals surface area contributed by atoms with Crippen LogP contribution in [-0.2, 0) is 17.9 Å². The minimum absolute atomic E-state index is 0.0726. The van der Waals surface area contributed by atoms with Crippen LogP contribution >= 0.6 is 11.6 Å². The van der Waals surface area contributed by atoms with Gasteiger partial charge in [-0.15, -0.1) is 5.10 Å². The van der Waals surface area contributed by atoms with Crippen molar-refractivity contribution in [2.45, 2.75) is 51.8 Å². The first-order chi connectivity index (χ1) is 13.1. The Balaban J connectivity index is 1.31. The highest BCUT2D eigenvalue weighted by molar-refractivity contribution is 6.32. The lowest BCUT2D eigenvalue weighted by Crippen LogP contribution is -2.41. The maximum absolute atomic E-state index is 12.5. The molecule has 1 heterocycles. The van der Waals surface area contributed by atoms with Gasteiger partial charge in [-0.05, 0) is 66.5 Å². The standard InChI is InChI=1S/C19H24ClN5O2/c1-12(15-9-13-6-7-14(15)8-13)21-19(26)10-25-18(22-23-24-25)11-27-17-5-3-2-4-16(17)20/h2-5,12-15H,6-11H2,1H3,(H,21,26). The molecule has 0 saturated heterocycles. The predicted molar refractivity (Wildman–Crippen MR) is 100 cm³/mol. The highest BCUT2D eigenvalue weighted by Crippen LogP contribution is 2.49. The molecule has 8 heteroatoms. The van der Waals surface area contributed by atoms with E-state index in [0.29, 0.717) is 22.5 Å². The molecular weight excluding hydrogens is 366 g/mol. The molecule has 1 aromatic carbocycles. The largest absolute Gasteiger partial charge is 0.484 e. The topological polar surface area (TPSA) is 81.9 Å². The average molecular weight is 390 g/mol. The van der Waals surface area contributed by atoms with E-state index in [1.54, 1.807) is 12.1 Å². The zero-order valence-electron chi connectivity index (χ0n) is 15.3. The van der Waals surface area contributed by atoms with Crippen molar-refractivity contribution < 1.29 is 9.53 Å². The number of halogens is 1. The van der Waals surface area contributed by atoms with Gasteiger partial charge >= 0.3 is 0 Å². The number of rotatable bonds is 7. The number of carbonyl (C=O) groups is 1. The van der Waals surface area contributed by atoms with Gasteiger partial charge in [0.25, 0.3) is 0 Å². The first-order valence-corrected chi connectivity index (χ1v) is 9.89. The third-order valence-corrected chi connectivity index (χ3v) is 6.23. The average Bonchev–Trinajstić information content (AvgIpc) is 3.38. The summed E-state index contributed by atoms with van der Waals surface area (Å²) in [7, 11) is 0. The highest BCUT2D eigenvalue weighted by Gasteiger charge is 2.42. The van der Waals surface area contributed by atoms with Gasteiger partial charge in [0.05, 0.1) is 5.02 Å². The summed E-state index contributed by atoms with van der Waals surface area (Å²) in [5.74, 6) is 3.22. The number of ether oxygens (including phenoxy) is 1. The lowest BCUT2D eigenvalue weighted by atomic mass is 9.84. The summed E-state index contributed by atoms with van der Waals surface area (Å²) < 4.78 is 7.14. The van der Waals surface area contributed by atoms with Crippen LogP contribution in [0.2, 0.25) is 5.02 Å². The summed E-state index contributed by atoms with van der Waals surface area (Å²) in [5.41, 5.74) is 0. The summed E-state index contributed by atoms with van der Waals surface area (Å²) in [6.07, 6.45) is 5.25. The summed E-state index contributed by atoms with van der Waals surface area (Å²) in [5, 5.41) is 15.2. The number of fused-ring (bicyclic) bond motifs is 2. The highest BCUT2D eigenvalue weighted by atomic mass is 35.5. The second-order valence-electron chi connectivity index (χ2n) is 7.67. The monoisotopic (exact) mass is 389 g/mol. The van der Waals surface area contributed by atoms with Crippen LogP contribution < -0.4 is 10.1 Å². The first kappa shape index (κ1) is 18.2. The molecular formula is C19H24ClN5O2. The third-order valence-electron chi connectivity index (χ3n) is 5.92. The molecule has 2 bridgehead atoms. The van der Waals surface area contributed by atoms with Gasteiger partial charge in [-0.3, -0.25) is 4.79 Å². The van der Waals surface area contributed by atoms with Gasteiger partial charge in [0.1, 0.15) is 18.9 Å². The zero-order chi connectivity index (χ0) is 18.8. The number of amides is 1. The van der Waals surface area contributed by atoms with Crippen LogP contribution in [0.15, 0.2) is 24.3 Å². The van der Waals surface area contributed by atoms with E-state index in [0.717, 1.165) is 11.8 Å². The number of carbonyl (C=O) groups excluding carboxylic acids is 1. The number of tetrazole rings is 1. The fourth-order valence-corrected chi connectivity index (χ4v) is 4.79. The number of nitrogens with zero attached hydrogens (tertiary/aromatic N) is 4. The van der Waals surface area contributed by atoms with Crippen LogP contribution in [0.4, 0.5) is 0 Å². The van der Waals surface area contributed by atoms with Gasteiger partial charge in [-0.2, -0.15) is 0 Å². The molecule has 4 unspecified atom stereocenters. The van der Waals surface area contributed by atoms with Gasteiger partial charge in [-0.25, -0.2) is 4.68 Å². The molecule has 0 spiro atoms. The Morgan fingerprint density at radius 1 is 1.37 bits per heavy atom. The number of hydrogen-bond acceptors (Lipinski definition) is 5. The molecule has 4 atom stereocenters. The Bertz CT molecular complexity index is 811. The molecule has 0 aliphatic heterocycles. The second kappa shape index (κ2) is 7.84. The number of nitrogens with one attached hydrogen (secondary N) is 1. The maximum atomic E-state index is 12.5. The van der Waals surface area contributed by atoms with Crippen molar-refractivity contribution in [2.75, 3.05) is 0 Å². The zero-order valence-corrected chi connectivity index (χ0v) is 16.1. The van der Waals surface area contributed by atoms with Crippen LogP contribution in [0.25, 0.3) is 0 Å². The fraction of sp³-hybridized carbons (Fsp3) is 0.579. The SMILES string of the molecule is CC(NC(=O)Cn1nnnc1COc1ccccc1Cl)C1CC2CCC1C2. The van der Waals surface area contributed by atoms with Crippen LogP contribution in [0.5, 0.6) is 5.75 Å². The van der Waals surface area contributed by atoms with Crippen molar-refractivity contribution >= 4 is 17.5 Å². The number of hydrogen-bond donors (Lipinski definition) is 1. The van der Waals surface area contributed by atoms with Gasteiger partial charge in [0.2, 0.25) is 5.91 Å². The minimum Gasteiger partial charge on any atom is -0.484 e. The maximum Gasteiger partial charge on any atom is 0.242 e. The van der Waals surface area contributed by atoms with Crippen LogP contribution in [0.3, 0.4) is 0 Å². The summed E-state index contributed by atoms with van der Waals surface area (Å²) in [6.45, 7) is 2.34. The molecule has 7 nitrogen and oxygen atoms in total. The molecule has 2 aliphatic rings. The van der Waals surface area contributed by atoms with E-state index in [1.165, 1.54) is 30.4 Å². The third kappa shape index (κ3) is 4.08. The Hall–Kier alpha value is -2.15. The van der Waals surface area contributed by atoms with Crippen LogP contribution in [0.1, 0.15) is 38.4 Å². The molecule has 2 fully saturated rings. The van der Waals surface area contributed by atoms with Crippen molar-refractivity contribution in [3.63, 3.8) is 0 Å². The van der Waals surface area contributed by atoms with E-state index < -0.39 is 0 Å². The summed E-state index contributed by atoms with van der Waals surface area (Å²) >= 11 is 6.09. The van der Waals surface area contributed by atoms with Crippen molar-refractivity contribution in [2.24, 2.45) is 17.8 Å². The molecule has 4 rings (SSSR count). The number of para-hydroxylation sites is 1. The van der Waals surface area contributed by atoms with Gasteiger partial charge < -0.3 is 10.1 Å². The molecule has 1 aromatic heterocycles. The van der Waals surface area contributed by atoms with Crippen molar-refractivity contribution in [1.29, 1.82) is 0 Å². The van der Waals surface area contributed by atoms with E-state index >= 15 is 0 Å². The van der Waals surface area contributed by atoms with E-state index in [4.69, 9.17) is 16.3 Å². The molecule has 1 N–H and O–H groups in total. The normalized spacial score (nSPS) is 24.7. The van der Waals surface area contributed by atoms with Gasteiger partial charge in [0.15, 0.2) is 5.82 Å². The molecule has 2 aromatic rings. The lowest BCUT2D eigenvalue weighted by molar-refractivity contribution is -0.123. The van der Waals surface area contributed by atoms with E-state index in [2.05, 4.69) is 27.8 Å². The molecule has 2 saturated carbocycles. The Morgan fingerprint density at radius 3 is 2.96 bits per heavy atom. The first-order valence-electron chi connectivity index (χ1n) is 9.52. The smallest absolute Gasteiger partial charge is 0.242 e. The molecule has 2 aliphatic carbocycles. The van der Waals surface area contributed by atoms with E-state index in [9.17, 15) is 4.79 Å². The quantitative estimate of drug-likeness (QED) is 0.787. The number of aromatic nitrogens is 4.